The number of nitrogens with one attached hydrogen (secondary N) is 1. The lowest BCUT2D eigenvalue weighted by Crippen LogP contribution is -2.16. The number of fused-ring (bicyclic) bond motifs is 1. The lowest BCUT2D eigenvalue weighted by Gasteiger charge is -2.06. The van der Waals surface area contributed by atoms with Gasteiger partial charge in [0, 0.05) is 23.7 Å². The Morgan fingerprint density at radius 2 is 1.75 bits per heavy atom. The number of para-hydroxylation sites is 1. The van der Waals surface area contributed by atoms with Gasteiger partial charge in [-0.25, -0.2) is 4.79 Å². The van der Waals surface area contributed by atoms with Crippen LogP contribution >= 0.6 is 0 Å². The fourth-order valence-corrected chi connectivity index (χ4v) is 2.48. The van der Waals surface area contributed by atoms with E-state index in [0.29, 0.717) is 23.1 Å². The summed E-state index contributed by atoms with van der Waals surface area (Å²) in [5.74, 6) is -1.73. The molecule has 0 aliphatic rings. The number of hydrogen-bond acceptors (Lipinski definition) is 6. The summed E-state index contributed by atoms with van der Waals surface area (Å²) in [6, 6.07) is 13.8. The highest BCUT2D eigenvalue weighted by atomic mass is 16.5. The number of esters is 1. The highest BCUT2D eigenvalue weighted by Crippen LogP contribution is 2.13. The number of ketones is 1. The van der Waals surface area contributed by atoms with E-state index in [1.165, 1.54) is 12.1 Å². The number of anilines is 1. The van der Waals surface area contributed by atoms with Crippen molar-refractivity contribution in [3.63, 3.8) is 0 Å². The molecule has 0 radical (unpaired) electrons. The van der Waals surface area contributed by atoms with Gasteiger partial charge in [0.2, 0.25) is 11.7 Å². The average Bonchev–Trinajstić information content (AvgIpc) is 2.72. The van der Waals surface area contributed by atoms with Crippen molar-refractivity contribution < 1.29 is 23.5 Å². The normalized spacial score (nSPS) is 10.5. The predicted octanol–water partition coefficient (Wildman–Crippen LogP) is 3.18. The second-order valence-electron chi connectivity index (χ2n) is 5.95. The largest absolute Gasteiger partial charge is 0.451 e. The summed E-state index contributed by atoms with van der Waals surface area (Å²) in [5.41, 5.74) is 0.781. The van der Waals surface area contributed by atoms with Crippen LogP contribution in [0, 0.1) is 0 Å². The van der Waals surface area contributed by atoms with E-state index < -0.39 is 18.4 Å². The maximum atomic E-state index is 12.2. The van der Waals surface area contributed by atoms with Crippen molar-refractivity contribution in [2.45, 2.75) is 13.3 Å². The number of Topliss-reactive ketones (excluding diaryl/α,β-unsaturated/α-hetero) is 1. The highest BCUT2D eigenvalue weighted by Gasteiger charge is 2.16. The quantitative estimate of drug-likeness (QED) is 0.521. The van der Waals surface area contributed by atoms with Crippen LogP contribution < -0.4 is 10.7 Å². The van der Waals surface area contributed by atoms with Gasteiger partial charge in [0.25, 0.3) is 0 Å². The SMILES string of the molecule is CCC(=O)Nc1ccc(C(=O)COC(=O)c2cc(=O)c3ccccc3o2)cc1. The first-order chi connectivity index (χ1) is 13.5. The van der Waals surface area contributed by atoms with Gasteiger partial charge in [-0.2, -0.15) is 0 Å². The summed E-state index contributed by atoms with van der Waals surface area (Å²) < 4.78 is 10.3. The van der Waals surface area contributed by atoms with Gasteiger partial charge in [-0.1, -0.05) is 19.1 Å². The zero-order chi connectivity index (χ0) is 20.1. The summed E-state index contributed by atoms with van der Waals surface area (Å²) in [6.45, 7) is 1.23. The fraction of sp³-hybridized carbons (Fsp3) is 0.143. The predicted molar refractivity (Wildman–Crippen MR) is 102 cm³/mol. The van der Waals surface area contributed by atoms with Gasteiger partial charge in [0.05, 0.1) is 5.39 Å². The third kappa shape index (κ3) is 4.32. The third-order valence-electron chi connectivity index (χ3n) is 3.98. The van der Waals surface area contributed by atoms with Crippen molar-refractivity contribution in [2.24, 2.45) is 0 Å². The molecule has 0 saturated carbocycles. The fourth-order valence-electron chi connectivity index (χ4n) is 2.48. The molecule has 2 aromatic carbocycles. The Bertz CT molecular complexity index is 1100. The second-order valence-corrected chi connectivity index (χ2v) is 5.95. The van der Waals surface area contributed by atoms with Crippen LogP contribution in [0.2, 0.25) is 0 Å². The Balaban J connectivity index is 1.65. The summed E-state index contributed by atoms with van der Waals surface area (Å²) in [6.07, 6.45) is 0.349. The molecule has 0 saturated heterocycles. The van der Waals surface area contributed by atoms with Crippen LogP contribution in [0.1, 0.15) is 34.3 Å². The van der Waals surface area contributed by atoms with Gasteiger partial charge in [-0.3, -0.25) is 14.4 Å². The Hall–Kier alpha value is -3.74. The number of amides is 1. The van der Waals surface area contributed by atoms with Crippen molar-refractivity contribution in [1.82, 2.24) is 0 Å². The highest BCUT2D eigenvalue weighted by molar-refractivity contribution is 5.99. The molecule has 0 fully saturated rings. The summed E-state index contributed by atoms with van der Waals surface area (Å²) >= 11 is 0. The molecule has 3 rings (SSSR count). The minimum atomic E-state index is -0.900. The zero-order valence-corrected chi connectivity index (χ0v) is 15.1. The van der Waals surface area contributed by atoms with Crippen LogP contribution in [0.5, 0.6) is 0 Å². The number of rotatable bonds is 6. The maximum Gasteiger partial charge on any atom is 0.374 e. The number of carbonyl (C=O) groups excluding carboxylic acids is 3. The monoisotopic (exact) mass is 379 g/mol. The molecular formula is C21H17NO6. The summed E-state index contributed by atoms with van der Waals surface area (Å²) in [4.78, 5) is 47.7. The molecule has 0 atom stereocenters. The first-order valence-corrected chi connectivity index (χ1v) is 8.61. The van der Waals surface area contributed by atoms with Crippen LogP contribution in [0.4, 0.5) is 5.69 Å². The first-order valence-electron chi connectivity index (χ1n) is 8.61. The number of ether oxygens (including phenoxy) is 1. The van der Waals surface area contributed by atoms with Crippen molar-refractivity contribution in [3.05, 3.63) is 76.1 Å². The molecule has 28 heavy (non-hydrogen) atoms. The van der Waals surface area contributed by atoms with Gasteiger partial charge < -0.3 is 14.5 Å². The second kappa shape index (κ2) is 8.30. The van der Waals surface area contributed by atoms with Gasteiger partial charge >= 0.3 is 5.97 Å². The third-order valence-corrected chi connectivity index (χ3v) is 3.98. The number of benzene rings is 2. The summed E-state index contributed by atoms with van der Waals surface area (Å²) in [5, 5.41) is 3.02. The molecule has 1 amide bonds. The minimum Gasteiger partial charge on any atom is -0.451 e. The van der Waals surface area contributed by atoms with E-state index in [2.05, 4.69) is 5.32 Å². The topological polar surface area (TPSA) is 103 Å². The Kier molecular flexibility index (Phi) is 5.64. The van der Waals surface area contributed by atoms with E-state index in [9.17, 15) is 19.2 Å². The molecule has 0 bridgehead atoms. The molecule has 142 valence electrons. The lowest BCUT2D eigenvalue weighted by molar-refractivity contribution is -0.115. The van der Waals surface area contributed by atoms with Crippen LogP contribution in [-0.4, -0.2) is 24.3 Å². The Labute approximate surface area is 159 Å². The van der Waals surface area contributed by atoms with E-state index >= 15 is 0 Å². The van der Waals surface area contributed by atoms with E-state index in [0.717, 1.165) is 6.07 Å². The lowest BCUT2D eigenvalue weighted by atomic mass is 10.1. The van der Waals surface area contributed by atoms with Gasteiger partial charge in [0.15, 0.2) is 17.8 Å². The van der Waals surface area contributed by atoms with E-state index in [1.54, 1.807) is 43.3 Å². The molecular weight excluding hydrogens is 362 g/mol. The molecule has 0 aliphatic carbocycles. The molecule has 1 N–H and O–H groups in total. The van der Waals surface area contributed by atoms with Crippen LogP contribution in [0.25, 0.3) is 11.0 Å². The van der Waals surface area contributed by atoms with Gasteiger partial charge in [-0.15, -0.1) is 0 Å². The number of carbonyl (C=O) groups is 3. The van der Waals surface area contributed by atoms with Crippen molar-refractivity contribution in [1.29, 1.82) is 0 Å². The minimum absolute atomic E-state index is 0.134. The van der Waals surface area contributed by atoms with Crippen LogP contribution in [0.15, 0.2) is 63.8 Å². The molecule has 0 spiro atoms. The number of hydrogen-bond donors (Lipinski definition) is 1. The van der Waals surface area contributed by atoms with Gasteiger partial charge in [0.1, 0.15) is 5.58 Å². The van der Waals surface area contributed by atoms with Gasteiger partial charge in [-0.05, 0) is 36.4 Å². The Morgan fingerprint density at radius 1 is 1.04 bits per heavy atom. The van der Waals surface area contributed by atoms with Crippen molar-refractivity contribution in [2.75, 3.05) is 11.9 Å². The van der Waals surface area contributed by atoms with Crippen LogP contribution in [-0.2, 0) is 9.53 Å². The molecule has 7 heteroatoms. The molecule has 3 aromatic rings. The van der Waals surface area contributed by atoms with E-state index in [-0.39, 0.29) is 22.7 Å². The molecule has 0 unspecified atom stereocenters. The summed E-state index contributed by atoms with van der Waals surface area (Å²) in [7, 11) is 0. The molecule has 1 heterocycles. The molecule has 0 aliphatic heterocycles. The van der Waals surface area contributed by atoms with E-state index in [1.807, 2.05) is 0 Å². The van der Waals surface area contributed by atoms with Crippen LogP contribution in [0.3, 0.4) is 0 Å². The first kappa shape index (κ1) is 19.0. The molecule has 7 nitrogen and oxygen atoms in total. The van der Waals surface area contributed by atoms with Crippen molar-refractivity contribution >= 4 is 34.3 Å². The van der Waals surface area contributed by atoms with Crippen molar-refractivity contribution in [3.8, 4) is 0 Å². The average molecular weight is 379 g/mol. The standard InChI is InChI=1S/C21H17NO6/c1-2-20(25)22-14-9-7-13(8-10-14)17(24)12-27-21(26)19-11-16(23)15-5-3-4-6-18(15)28-19/h3-11H,2,12H2,1H3,(H,22,25). The Morgan fingerprint density at radius 3 is 2.46 bits per heavy atom. The maximum absolute atomic E-state index is 12.2. The zero-order valence-electron chi connectivity index (χ0n) is 15.1. The molecule has 1 aromatic heterocycles. The van der Waals surface area contributed by atoms with E-state index in [4.69, 9.17) is 9.15 Å². The smallest absolute Gasteiger partial charge is 0.374 e.